The van der Waals surface area contributed by atoms with Crippen molar-refractivity contribution >= 4 is 5.97 Å². The average molecular weight is 374 g/mol. The summed E-state index contributed by atoms with van der Waals surface area (Å²) in [6, 6.07) is 1.47. The minimum Gasteiger partial charge on any atom is -0.463 e. The molecule has 10 heteroatoms. The quantitative estimate of drug-likeness (QED) is 0.380. The van der Waals surface area contributed by atoms with Crippen LogP contribution in [0, 0.1) is 40.4 Å². The molecule has 0 aliphatic carbocycles. The van der Waals surface area contributed by atoms with Crippen LogP contribution in [0.15, 0.2) is 22.8 Å². The van der Waals surface area contributed by atoms with E-state index in [0.29, 0.717) is 0 Å². The zero-order valence-corrected chi connectivity index (χ0v) is 13.4. The summed E-state index contributed by atoms with van der Waals surface area (Å²) in [5, 5.41) is 9.23. The molecule has 0 amide bonds. The van der Waals surface area contributed by atoms with Gasteiger partial charge in [-0.05, 0) is 13.8 Å². The Morgan fingerprint density at radius 3 is 2.12 bits per heavy atom. The molecule has 138 valence electrons. The maximum Gasteiger partial charge on any atom is 0.338 e. The van der Waals surface area contributed by atoms with Gasteiger partial charge in [-0.15, -0.1) is 0 Å². The van der Waals surface area contributed by atoms with Gasteiger partial charge in [0.1, 0.15) is 17.4 Å². The number of halogens is 5. The molecule has 1 atom stereocenters. The molecule has 1 aromatic carbocycles. The maximum absolute atomic E-state index is 14.3. The maximum atomic E-state index is 14.3. The standard InChI is InChI=1S/C16H11F5N2O3/c1-3-25-16(24)7-5(2)26-15(23)6(4-22)8(7)9-10(17)12(19)14(21)13(20)11(9)18/h8H,3,23H2,1-2H3. The third kappa shape index (κ3) is 2.85. The number of carbonyl (C=O) groups is 1. The summed E-state index contributed by atoms with van der Waals surface area (Å²) in [6.45, 7) is 2.45. The lowest BCUT2D eigenvalue weighted by Crippen LogP contribution is -2.27. The molecule has 0 aromatic heterocycles. The van der Waals surface area contributed by atoms with Crippen LogP contribution < -0.4 is 5.73 Å². The van der Waals surface area contributed by atoms with Crippen LogP contribution in [0.3, 0.4) is 0 Å². The number of hydrogen-bond donors (Lipinski definition) is 1. The average Bonchev–Trinajstić information content (AvgIpc) is 2.58. The third-order valence-electron chi connectivity index (χ3n) is 3.63. The molecule has 0 saturated heterocycles. The molecule has 1 heterocycles. The molecule has 1 aromatic rings. The van der Waals surface area contributed by atoms with Crippen molar-refractivity contribution in [3.05, 3.63) is 57.4 Å². The van der Waals surface area contributed by atoms with Crippen LogP contribution in [0.2, 0.25) is 0 Å². The number of ether oxygens (including phenoxy) is 2. The molecule has 0 saturated carbocycles. The predicted molar refractivity (Wildman–Crippen MR) is 76.2 cm³/mol. The fraction of sp³-hybridized carbons (Fsp3) is 0.250. The van der Waals surface area contributed by atoms with Crippen molar-refractivity contribution in [3.63, 3.8) is 0 Å². The minimum atomic E-state index is -2.37. The van der Waals surface area contributed by atoms with Gasteiger partial charge in [-0.25, -0.2) is 26.7 Å². The fourth-order valence-electron chi connectivity index (χ4n) is 2.52. The lowest BCUT2D eigenvalue weighted by Gasteiger charge is -2.27. The van der Waals surface area contributed by atoms with E-state index in [1.54, 1.807) is 0 Å². The monoisotopic (exact) mass is 374 g/mol. The van der Waals surface area contributed by atoms with Crippen molar-refractivity contribution in [1.82, 2.24) is 0 Å². The van der Waals surface area contributed by atoms with Crippen molar-refractivity contribution in [1.29, 1.82) is 5.26 Å². The van der Waals surface area contributed by atoms with Crippen molar-refractivity contribution in [3.8, 4) is 6.07 Å². The van der Waals surface area contributed by atoms with E-state index in [2.05, 4.69) is 0 Å². The van der Waals surface area contributed by atoms with Crippen LogP contribution in [0.4, 0.5) is 22.0 Å². The highest BCUT2D eigenvalue weighted by Crippen LogP contribution is 2.42. The summed E-state index contributed by atoms with van der Waals surface area (Å²) >= 11 is 0. The molecule has 26 heavy (non-hydrogen) atoms. The van der Waals surface area contributed by atoms with Crippen LogP contribution in [-0.4, -0.2) is 12.6 Å². The summed E-state index contributed by atoms with van der Waals surface area (Å²) in [7, 11) is 0. The molecule has 2 rings (SSSR count). The summed E-state index contributed by atoms with van der Waals surface area (Å²) in [6.07, 6.45) is 0. The van der Waals surface area contributed by atoms with Crippen molar-refractivity contribution in [2.75, 3.05) is 6.61 Å². The second-order valence-electron chi connectivity index (χ2n) is 5.10. The Labute approximate surface area is 144 Å². The first kappa shape index (κ1) is 19.2. The molecule has 0 radical (unpaired) electrons. The van der Waals surface area contributed by atoms with Gasteiger partial charge in [-0.3, -0.25) is 0 Å². The lowest BCUT2D eigenvalue weighted by atomic mass is 9.82. The zero-order valence-electron chi connectivity index (χ0n) is 13.4. The summed E-state index contributed by atoms with van der Waals surface area (Å²) in [4.78, 5) is 12.2. The molecule has 0 bridgehead atoms. The van der Waals surface area contributed by atoms with Gasteiger partial charge in [-0.2, -0.15) is 5.26 Å². The minimum absolute atomic E-state index is 0.152. The van der Waals surface area contributed by atoms with E-state index < -0.39 is 63.6 Å². The molecule has 2 N–H and O–H groups in total. The molecule has 1 aliphatic heterocycles. The highest BCUT2D eigenvalue weighted by Gasteiger charge is 2.42. The molecule has 5 nitrogen and oxygen atoms in total. The van der Waals surface area contributed by atoms with Crippen LogP contribution in [-0.2, 0) is 14.3 Å². The van der Waals surface area contributed by atoms with Gasteiger partial charge in [0.2, 0.25) is 11.7 Å². The van der Waals surface area contributed by atoms with Crippen LogP contribution in [0.25, 0.3) is 0 Å². The third-order valence-corrected chi connectivity index (χ3v) is 3.63. The first-order chi connectivity index (χ1) is 12.2. The Bertz CT molecular complexity index is 873. The first-order valence-corrected chi connectivity index (χ1v) is 7.14. The number of esters is 1. The Hall–Kier alpha value is -3.09. The Morgan fingerprint density at radius 1 is 1.15 bits per heavy atom. The van der Waals surface area contributed by atoms with Gasteiger partial charge in [0.15, 0.2) is 23.3 Å². The number of benzene rings is 1. The number of nitrogens with two attached hydrogens (primary N) is 1. The number of carbonyl (C=O) groups excluding carboxylic acids is 1. The number of allylic oxidation sites excluding steroid dienone is 2. The van der Waals surface area contributed by atoms with Crippen molar-refractivity contribution in [2.24, 2.45) is 5.73 Å². The van der Waals surface area contributed by atoms with Crippen LogP contribution in [0.5, 0.6) is 0 Å². The molecule has 0 fully saturated rings. The number of hydrogen-bond acceptors (Lipinski definition) is 5. The smallest absolute Gasteiger partial charge is 0.338 e. The second kappa shape index (κ2) is 7.03. The number of nitriles is 1. The lowest BCUT2D eigenvalue weighted by molar-refractivity contribution is -0.139. The van der Waals surface area contributed by atoms with E-state index in [9.17, 15) is 32.0 Å². The zero-order chi connectivity index (χ0) is 19.8. The second-order valence-corrected chi connectivity index (χ2v) is 5.10. The summed E-state index contributed by atoms with van der Waals surface area (Å²) in [5.41, 5.74) is 2.81. The highest BCUT2D eigenvalue weighted by molar-refractivity contribution is 5.92. The van der Waals surface area contributed by atoms with E-state index in [-0.39, 0.29) is 12.4 Å². The van der Waals surface area contributed by atoms with Gasteiger partial charge < -0.3 is 15.2 Å². The Kier molecular flexibility index (Phi) is 5.20. The molecule has 0 spiro atoms. The van der Waals surface area contributed by atoms with E-state index in [0.717, 1.165) is 0 Å². The topological polar surface area (TPSA) is 85.3 Å². The van der Waals surface area contributed by atoms with Gasteiger partial charge in [0.25, 0.3) is 0 Å². The highest BCUT2D eigenvalue weighted by atomic mass is 19.2. The van der Waals surface area contributed by atoms with Gasteiger partial charge in [-0.1, -0.05) is 0 Å². The normalized spacial score (nSPS) is 17.1. The van der Waals surface area contributed by atoms with E-state index in [4.69, 9.17) is 15.2 Å². The van der Waals surface area contributed by atoms with Crippen molar-refractivity contribution < 1.29 is 36.2 Å². The summed E-state index contributed by atoms with van der Waals surface area (Å²) < 4.78 is 78.8. The van der Waals surface area contributed by atoms with E-state index >= 15 is 0 Å². The largest absolute Gasteiger partial charge is 0.463 e. The predicted octanol–water partition coefficient (Wildman–Crippen LogP) is 3.03. The van der Waals surface area contributed by atoms with Crippen LogP contribution in [0.1, 0.15) is 25.3 Å². The molecular weight excluding hydrogens is 363 g/mol. The van der Waals surface area contributed by atoms with Gasteiger partial charge in [0, 0.05) is 5.56 Å². The van der Waals surface area contributed by atoms with Crippen LogP contribution >= 0.6 is 0 Å². The Morgan fingerprint density at radius 2 is 1.65 bits per heavy atom. The van der Waals surface area contributed by atoms with E-state index in [1.165, 1.54) is 19.9 Å². The molecule has 1 aliphatic rings. The SMILES string of the molecule is CCOC(=O)C1=C(C)OC(N)=C(C#N)C1c1c(F)c(F)c(F)c(F)c1F. The van der Waals surface area contributed by atoms with E-state index in [1.807, 2.05) is 0 Å². The Balaban J connectivity index is 2.88. The summed E-state index contributed by atoms with van der Waals surface area (Å²) in [5.74, 6) is -15.3. The van der Waals surface area contributed by atoms with Crippen molar-refractivity contribution in [2.45, 2.75) is 19.8 Å². The molecule has 1 unspecified atom stereocenters. The number of rotatable bonds is 3. The molecular formula is C16H11F5N2O3. The first-order valence-electron chi connectivity index (χ1n) is 7.14. The number of nitrogens with zero attached hydrogens (tertiary/aromatic N) is 1. The van der Waals surface area contributed by atoms with Gasteiger partial charge in [0.05, 0.1) is 18.1 Å². The fourth-order valence-corrected chi connectivity index (χ4v) is 2.52. The van der Waals surface area contributed by atoms with Gasteiger partial charge >= 0.3 is 5.97 Å².